The van der Waals surface area contributed by atoms with E-state index in [9.17, 15) is 4.79 Å². The molecule has 3 atom stereocenters. The predicted molar refractivity (Wildman–Crippen MR) is 90.8 cm³/mol. The second-order valence-electron chi connectivity index (χ2n) is 7.23. The van der Waals surface area contributed by atoms with Gasteiger partial charge in [0.05, 0.1) is 0 Å². The Morgan fingerprint density at radius 2 is 2.05 bits per heavy atom. The topological polar surface area (TPSA) is 41.1 Å². The normalized spacial score (nSPS) is 28.6. The molecular formula is C17H33ClN2O. The van der Waals surface area contributed by atoms with Crippen LogP contribution in [0, 0.1) is 17.8 Å². The molecule has 0 aromatic heterocycles. The third kappa shape index (κ3) is 6.56. The zero-order valence-electron chi connectivity index (χ0n) is 13.7. The van der Waals surface area contributed by atoms with Gasteiger partial charge < -0.3 is 10.6 Å². The van der Waals surface area contributed by atoms with E-state index in [2.05, 4.69) is 24.5 Å². The van der Waals surface area contributed by atoms with Gasteiger partial charge in [0.25, 0.3) is 0 Å². The average molecular weight is 317 g/mol. The summed E-state index contributed by atoms with van der Waals surface area (Å²) in [7, 11) is 0. The predicted octanol–water partition coefficient (Wildman–Crippen LogP) is 3.52. The SMILES string of the molecule is CC(C)CCC1CCCC1NC(=O)CCC1CCNC1.Cl. The summed E-state index contributed by atoms with van der Waals surface area (Å²) in [6.45, 7) is 6.82. The molecule has 1 saturated heterocycles. The van der Waals surface area contributed by atoms with Crippen molar-refractivity contribution >= 4 is 18.3 Å². The van der Waals surface area contributed by atoms with Crippen molar-refractivity contribution in [1.29, 1.82) is 0 Å². The Bertz CT molecular complexity index is 303. The van der Waals surface area contributed by atoms with Gasteiger partial charge in [0.15, 0.2) is 0 Å². The molecule has 0 aromatic rings. The number of hydrogen-bond acceptors (Lipinski definition) is 2. The van der Waals surface area contributed by atoms with Crippen molar-refractivity contribution in [3.05, 3.63) is 0 Å². The van der Waals surface area contributed by atoms with Crippen molar-refractivity contribution in [2.75, 3.05) is 13.1 Å². The summed E-state index contributed by atoms with van der Waals surface area (Å²) in [6, 6.07) is 0.461. The van der Waals surface area contributed by atoms with Gasteiger partial charge in [-0.15, -0.1) is 12.4 Å². The Morgan fingerprint density at radius 3 is 2.71 bits per heavy atom. The Morgan fingerprint density at radius 1 is 1.24 bits per heavy atom. The molecule has 2 rings (SSSR count). The Labute approximate surface area is 136 Å². The number of nitrogens with one attached hydrogen (secondary N) is 2. The third-order valence-corrected chi connectivity index (χ3v) is 5.06. The van der Waals surface area contributed by atoms with E-state index in [4.69, 9.17) is 0 Å². The highest BCUT2D eigenvalue weighted by atomic mass is 35.5. The van der Waals surface area contributed by atoms with Crippen molar-refractivity contribution in [2.45, 2.75) is 71.3 Å². The van der Waals surface area contributed by atoms with Crippen LogP contribution in [-0.4, -0.2) is 25.0 Å². The lowest BCUT2D eigenvalue weighted by Crippen LogP contribution is -2.37. The number of carbonyl (C=O) groups is 1. The number of carbonyl (C=O) groups excluding carboxylic acids is 1. The Kier molecular flexibility index (Phi) is 8.65. The first kappa shape index (κ1) is 18.8. The van der Waals surface area contributed by atoms with Crippen LogP contribution >= 0.6 is 12.4 Å². The summed E-state index contributed by atoms with van der Waals surface area (Å²) in [5.41, 5.74) is 0. The molecule has 2 N–H and O–H groups in total. The average Bonchev–Trinajstić information content (AvgIpc) is 3.05. The Hall–Kier alpha value is -0.280. The van der Waals surface area contributed by atoms with Crippen LogP contribution in [-0.2, 0) is 4.79 Å². The first-order valence-electron chi connectivity index (χ1n) is 8.65. The molecule has 1 heterocycles. The van der Waals surface area contributed by atoms with E-state index < -0.39 is 0 Å². The van der Waals surface area contributed by atoms with Crippen LogP contribution < -0.4 is 10.6 Å². The molecule has 1 aliphatic heterocycles. The quantitative estimate of drug-likeness (QED) is 0.754. The minimum Gasteiger partial charge on any atom is -0.353 e. The molecule has 0 bridgehead atoms. The number of rotatable bonds is 7. The van der Waals surface area contributed by atoms with Crippen molar-refractivity contribution in [3.63, 3.8) is 0 Å². The molecule has 1 amide bonds. The van der Waals surface area contributed by atoms with Crippen LogP contribution in [0.5, 0.6) is 0 Å². The van der Waals surface area contributed by atoms with E-state index in [1.807, 2.05) is 0 Å². The fraction of sp³-hybridized carbons (Fsp3) is 0.941. The van der Waals surface area contributed by atoms with Gasteiger partial charge in [0.2, 0.25) is 5.91 Å². The first-order chi connectivity index (χ1) is 9.65. The highest BCUT2D eigenvalue weighted by Gasteiger charge is 2.28. The van der Waals surface area contributed by atoms with Gasteiger partial charge in [-0.1, -0.05) is 26.7 Å². The molecule has 0 spiro atoms. The maximum Gasteiger partial charge on any atom is 0.220 e. The molecule has 4 heteroatoms. The molecule has 0 radical (unpaired) electrons. The summed E-state index contributed by atoms with van der Waals surface area (Å²) >= 11 is 0. The zero-order valence-corrected chi connectivity index (χ0v) is 14.5. The van der Waals surface area contributed by atoms with Gasteiger partial charge in [0, 0.05) is 12.5 Å². The molecule has 124 valence electrons. The molecule has 3 unspecified atom stereocenters. The molecule has 2 aliphatic rings. The standard InChI is InChI=1S/C17H32N2O.ClH/c1-13(2)6-8-15-4-3-5-16(15)19-17(20)9-7-14-10-11-18-12-14;/h13-16,18H,3-12H2,1-2H3,(H,19,20);1H. The van der Waals surface area contributed by atoms with Crippen molar-refractivity contribution in [2.24, 2.45) is 17.8 Å². The lowest BCUT2D eigenvalue weighted by atomic mass is 9.93. The van der Waals surface area contributed by atoms with E-state index in [1.54, 1.807) is 0 Å². The van der Waals surface area contributed by atoms with Gasteiger partial charge in [0.1, 0.15) is 0 Å². The largest absolute Gasteiger partial charge is 0.353 e. The second kappa shape index (κ2) is 9.68. The smallest absolute Gasteiger partial charge is 0.220 e. The monoisotopic (exact) mass is 316 g/mol. The Balaban J connectivity index is 0.00000220. The summed E-state index contributed by atoms with van der Waals surface area (Å²) in [5.74, 6) is 2.52. The summed E-state index contributed by atoms with van der Waals surface area (Å²) in [6.07, 6.45) is 9.40. The maximum absolute atomic E-state index is 12.1. The molecule has 21 heavy (non-hydrogen) atoms. The van der Waals surface area contributed by atoms with Gasteiger partial charge in [-0.05, 0) is 62.9 Å². The first-order valence-corrected chi connectivity index (χ1v) is 8.65. The number of amides is 1. The molecule has 1 saturated carbocycles. The zero-order chi connectivity index (χ0) is 14.4. The van der Waals surface area contributed by atoms with Crippen LogP contribution in [0.3, 0.4) is 0 Å². The molecular weight excluding hydrogens is 284 g/mol. The fourth-order valence-corrected chi connectivity index (χ4v) is 3.69. The molecule has 2 fully saturated rings. The van der Waals surface area contributed by atoms with Gasteiger partial charge in [-0.3, -0.25) is 4.79 Å². The number of hydrogen-bond donors (Lipinski definition) is 2. The number of halogens is 1. The molecule has 0 aromatic carbocycles. The molecule has 1 aliphatic carbocycles. The van der Waals surface area contributed by atoms with E-state index in [-0.39, 0.29) is 12.4 Å². The van der Waals surface area contributed by atoms with E-state index in [0.717, 1.165) is 43.7 Å². The maximum atomic E-state index is 12.1. The third-order valence-electron chi connectivity index (χ3n) is 5.06. The van der Waals surface area contributed by atoms with Gasteiger partial charge in [-0.2, -0.15) is 0 Å². The fourth-order valence-electron chi connectivity index (χ4n) is 3.69. The van der Waals surface area contributed by atoms with Gasteiger partial charge >= 0.3 is 0 Å². The highest BCUT2D eigenvalue weighted by molar-refractivity contribution is 5.85. The second-order valence-corrected chi connectivity index (χ2v) is 7.23. The van der Waals surface area contributed by atoms with Crippen LogP contribution in [0.15, 0.2) is 0 Å². The van der Waals surface area contributed by atoms with Crippen molar-refractivity contribution in [1.82, 2.24) is 10.6 Å². The summed E-state index contributed by atoms with van der Waals surface area (Å²) in [5, 5.41) is 6.69. The lowest BCUT2D eigenvalue weighted by Gasteiger charge is -2.22. The van der Waals surface area contributed by atoms with Gasteiger partial charge in [-0.25, -0.2) is 0 Å². The van der Waals surface area contributed by atoms with Crippen LogP contribution in [0.25, 0.3) is 0 Å². The van der Waals surface area contributed by atoms with Crippen LogP contribution in [0.1, 0.15) is 65.2 Å². The highest BCUT2D eigenvalue weighted by Crippen LogP contribution is 2.30. The van der Waals surface area contributed by atoms with Crippen molar-refractivity contribution < 1.29 is 4.79 Å². The lowest BCUT2D eigenvalue weighted by molar-refractivity contribution is -0.122. The minimum atomic E-state index is 0. The summed E-state index contributed by atoms with van der Waals surface area (Å²) < 4.78 is 0. The minimum absolute atomic E-state index is 0. The van der Waals surface area contributed by atoms with E-state index in [1.165, 1.54) is 38.5 Å². The molecule has 3 nitrogen and oxygen atoms in total. The van der Waals surface area contributed by atoms with E-state index in [0.29, 0.717) is 11.9 Å². The van der Waals surface area contributed by atoms with Crippen molar-refractivity contribution in [3.8, 4) is 0 Å². The van der Waals surface area contributed by atoms with E-state index >= 15 is 0 Å². The van der Waals surface area contributed by atoms with Crippen LogP contribution in [0.2, 0.25) is 0 Å². The summed E-state index contributed by atoms with van der Waals surface area (Å²) in [4.78, 5) is 12.1. The van der Waals surface area contributed by atoms with Crippen LogP contribution in [0.4, 0.5) is 0 Å².